The molecular weight excluding hydrogens is 246 g/mol. The lowest BCUT2D eigenvalue weighted by Crippen LogP contribution is -2.40. The lowest BCUT2D eigenvalue weighted by atomic mass is 10.0. The summed E-state index contributed by atoms with van der Waals surface area (Å²) >= 11 is 0. The van der Waals surface area contributed by atoms with Crippen LogP contribution in [-0.2, 0) is 4.79 Å². The zero-order valence-electron chi connectivity index (χ0n) is 10.9. The van der Waals surface area contributed by atoms with E-state index in [1.165, 1.54) is 0 Å². The number of nitrogens with zero attached hydrogens (tertiary/aromatic N) is 2. The highest BCUT2D eigenvalue weighted by molar-refractivity contribution is 5.82. The van der Waals surface area contributed by atoms with E-state index in [1.54, 1.807) is 24.3 Å². The molecule has 1 rings (SSSR count). The fraction of sp³-hybridized carbons (Fsp3) is 0.385. The first-order chi connectivity index (χ1) is 8.99. The fourth-order valence-corrected chi connectivity index (χ4v) is 1.47. The summed E-state index contributed by atoms with van der Waals surface area (Å²) < 4.78 is 0. The lowest BCUT2D eigenvalue weighted by molar-refractivity contribution is -0.139. The van der Waals surface area contributed by atoms with Gasteiger partial charge in [-0.15, -0.1) is 5.11 Å². The minimum Gasteiger partial charge on any atom is -0.480 e. The Morgan fingerprint density at radius 1 is 1.26 bits per heavy atom. The monoisotopic (exact) mass is 263 g/mol. The van der Waals surface area contributed by atoms with Crippen molar-refractivity contribution >= 4 is 17.7 Å². The molecule has 0 aliphatic heterocycles. The van der Waals surface area contributed by atoms with Gasteiger partial charge in [-0.25, -0.2) is 9.59 Å². The van der Waals surface area contributed by atoms with E-state index in [4.69, 9.17) is 5.11 Å². The fourth-order valence-electron chi connectivity index (χ4n) is 1.47. The predicted molar refractivity (Wildman–Crippen MR) is 70.4 cm³/mol. The van der Waals surface area contributed by atoms with Gasteiger partial charge in [0.1, 0.15) is 6.04 Å². The third-order valence-electron chi connectivity index (χ3n) is 2.32. The number of urea groups is 1. The first-order valence-electron chi connectivity index (χ1n) is 5.99. The van der Waals surface area contributed by atoms with Crippen LogP contribution in [0.1, 0.15) is 20.3 Å². The highest BCUT2D eigenvalue weighted by Gasteiger charge is 2.20. The van der Waals surface area contributed by atoms with Crippen molar-refractivity contribution in [1.82, 2.24) is 5.32 Å². The summed E-state index contributed by atoms with van der Waals surface area (Å²) in [6, 6.07) is 7.05. The van der Waals surface area contributed by atoms with Gasteiger partial charge in [-0.2, -0.15) is 0 Å². The van der Waals surface area contributed by atoms with E-state index in [1.807, 2.05) is 19.9 Å². The van der Waals surface area contributed by atoms with Gasteiger partial charge in [0.2, 0.25) is 0 Å². The van der Waals surface area contributed by atoms with Gasteiger partial charge >= 0.3 is 12.0 Å². The Kier molecular flexibility index (Phi) is 5.66. The van der Waals surface area contributed by atoms with E-state index >= 15 is 0 Å². The molecule has 0 aliphatic carbocycles. The highest BCUT2D eigenvalue weighted by Crippen LogP contribution is 2.10. The Hall–Kier alpha value is -2.24. The Morgan fingerprint density at radius 3 is 2.42 bits per heavy atom. The van der Waals surface area contributed by atoms with Gasteiger partial charge in [0.25, 0.3) is 0 Å². The second kappa shape index (κ2) is 7.25. The molecule has 102 valence electrons. The Bertz CT molecular complexity index is 457. The van der Waals surface area contributed by atoms with Crippen molar-refractivity contribution in [2.75, 3.05) is 0 Å². The minimum atomic E-state index is -1.07. The highest BCUT2D eigenvalue weighted by atomic mass is 16.4. The van der Waals surface area contributed by atoms with Gasteiger partial charge in [-0.1, -0.05) is 37.2 Å². The molecule has 0 saturated heterocycles. The van der Waals surface area contributed by atoms with E-state index in [-0.39, 0.29) is 5.92 Å². The number of aliphatic carboxylic acids is 1. The van der Waals surface area contributed by atoms with E-state index in [2.05, 4.69) is 15.5 Å². The third kappa shape index (κ3) is 5.76. The summed E-state index contributed by atoms with van der Waals surface area (Å²) in [4.78, 5) is 22.4. The van der Waals surface area contributed by atoms with Gasteiger partial charge in [-0.05, 0) is 24.5 Å². The number of amides is 2. The van der Waals surface area contributed by atoms with Gasteiger partial charge in [0.15, 0.2) is 0 Å². The van der Waals surface area contributed by atoms with Crippen LogP contribution < -0.4 is 5.32 Å². The molecule has 6 nitrogen and oxygen atoms in total. The number of carboxylic acids is 1. The molecule has 0 saturated carbocycles. The van der Waals surface area contributed by atoms with Crippen molar-refractivity contribution in [3.8, 4) is 0 Å². The molecule has 0 spiro atoms. The minimum absolute atomic E-state index is 0.160. The predicted octanol–water partition coefficient (Wildman–Crippen LogP) is 2.98. The SMILES string of the molecule is CC(C)CC(NC(=O)N=Nc1ccccc1)C(=O)O. The van der Waals surface area contributed by atoms with Gasteiger partial charge < -0.3 is 10.4 Å². The van der Waals surface area contributed by atoms with E-state index in [9.17, 15) is 9.59 Å². The van der Waals surface area contributed by atoms with Crippen LogP contribution in [0.2, 0.25) is 0 Å². The van der Waals surface area contributed by atoms with E-state index < -0.39 is 18.0 Å². The molecule has 0 heterocycles. The lowest BCUT2D eigenvalue weighted by Gasteiger charge is -2.14. The molecule has 0 aromatic heterocycles. The molecule has 2 N–H and O–H groups in total. The molecule has 0 aliphatic rings. The first kappa shape index (κ1) is 14.8. The summed E-state index contributed by atoms with van der Waals surface area (Å²) in [7, 11) is 0. The number of benzene rings is 1. The van der Waals surface area contributed by atoms with Crippen molar-refractivity contribution in [3.05, 3.63) is 30.3 Å². The normalized spacial score (nSPS) is 12.6. The average Bonchev–Trinajstić information content (AvgIpc) is 2.36. The quantitative estimate of drug-likeness (QED) is 0.800. The number of rotatable bonds is 5. The third-order valence-corrected chi connectivity index (χ3v) is 2.32. The van der Waals surface area contributed by atoms with Crippen LogP contribution in [0, 0.1) is 5.92 Å². The van der Waals surface area contributed by atoms with Crippen molar-refractivity contribution in [2.45, 2.75) is 26.3 Å². The maximum absolute atomic E-state index is 11.5. The molecule has 1 aromatic rings. The van der Waals surface area contributed by atoms with Gasteiger partial charge in [-0.3, -0.25) is 0 Å². The Morgan fingerprint density at radius 2 is 1.89 bits per heavy atom. The zero-order valence-corrected chi connectivity index (χ0v) is 10.9. The van der Waals surface area contributed by atoms with Crippen LogP contribution in [0.25, 0.3) is 0 Å². The summed E-state index contributed by atoms with van der Waals surface area (Å²) in [5.41, 5.74) is 0.536. The molecule has 1 atom stereocenters. The first-order valence-corrected chi connectivity index (χ1v) is 5.99. The second-order valence-electron chi connectivity index (χ2n) is 4.51. The Labute approximate surface area is 111 Å². The van der Waals surface area contributed by atoms with Crippen molar-refractivity contribution in [3.63, 3.8) is 0 Å². The maximum atomic E-state index is 11.5. The Balaban J connectivity index is 2.58. The van der Waals surface area contributed by atoms with Crippen LogP contribution >= 0.6 is 0 Å². The van der Waals surface area contributed by atoms with Crippen molar-refractivity contribution in [1.29, 1.82) is 0 Å². The average molecular weight is 263 g/mol. The number of hydrogen-bond acceptors (Lipinski definition) is 3. The van der Waals surface area contributed by atoms with Crippen molar-refractivity contribution < 1.29 is 14.7 Å². The number of hydrogen-bond donors (Lipinski definition) is 2. The van der Waals surface area contributed by atoms with Gasteiger partial charge in [0, 0.05) is 0 Å². The van der Waals surface area contributed by atoms with Crippen LogP contribution in [0.5, 0.6) is 0 Å². The maximum Gasteiger partial charge on any atom is 0.360 e. The zero-order chi connectivity index (χ0) is 14.3. The second-order valence-corrected chi connectivity index (χ2v) is 4.51. The summed E-state index contributed by atoms with van der Waals surface area (Å²) in [6.07, 6.45) is 0.349. The largest absolute Gasteiger partial charge is 0.480 e. The molecule has 0 radical (unpaired) electrons. The van der Waals surface area contributed by atoms with Crippen LogP contribution in [0.15, 0.2) is 40.6 Å². The molecule has 0 fully saturated rings. The number of carboxylic acid groups (broad SMARTS) is 1. The number of azo groups is 1. The van der Waals surface area contributed by atoms with E-state index in [0.29, 0.717) is 12.1 Å². The summed E-state index contributed by atoms with van der Waals surface area (Å²) in [5, 5.41) is 18.4. The van der Waals surface area contributed by atoms with E-state index in [0.717, 1.165) is 0 Å². The van der Waals surface area contributed by atoms with Crippen LogP contribution in [0.4, 0.5) is 10.5 Å². The topological polar surface area (TPSA) is 91.1 Å². The molecule has 2 amide bonds. The van der Waals surface area contributed by atoms with Gasteiger partial charge in [0.05, 0.1) is 5.69 Å². The smallest absolute Gasteiger partial charge is 0.360 e. The molecule has 6 heteroatoms. The molecule has 1 aromatic carbocycles. The number of carbonyl (C=O) groups is 2. The number of nitrogens with one attached hydrogen (secondary N) is 1. The molecular formula is C13H17N3O3. The molecule has 19 heavy (non-hydrogen) atoms. The summed E-state index contributed by atoms with van der Waals surface area (Å²) in [5.74, 6) is -0.913. The van der Waals surface area contributed by atoms with Crippen LogP contribution in [0.3, 0.4) is 0 Å². The number of carbonyl (C=O) groups excluding carboxylic acids is 1. The standard InChI is InChI=1S/C13H17N3O3/c1-9(2)8-11(12(17)18)14-13(19)16-15-10-6-4-3-5-7-10/h3-7,9,11H,8H2,1-2H3,(H,14,19)(H,17,18). The molecule has 1 unspecified atom stereocenters. The van der Waals surface area contributed by atoms with Crippen molar-refractivity contribution in [2.24, 2.45) is 16.1 Å². The summed E-state index contributed by atoms with van der Waals surface area (Å²) in [6.45, 7) is 3.77. The molecule has 0 bridgehead atoms. The van der Waals surface area contributed by atoms with Crippen LogP contribution in [-0.4, -0.2) is 23.1 Å².